The van der Waals surface area contributed by atoms with Gasteiger partial charge in [0.15, 0.2) is 5.29 Å². The fraction of sp³-hybridized carbons (Fsp3) is 0.400. The summed E-state index contributed by atoms with van der Waals surface area (Å²) in [4.78, 5) is 5.74. The van der Waals surface area contributed by atoms with Gasteiger partial charge in [-0.15, -0.1) is 0 Å². The molecule has 0 amide bonds. The molecule has 0 saturated heterocycles. The molecule has 0 atom stereocenters. The van der Waals surface area contributed by atoms with Gasteiger partial charge in [-0.1, -0.05) is 15.9 Å². The van der Waals surface area contributed by atoms with Crippen molar-refractivity contribution in [3.05, 3.63) is 10.7 Å². The van der Waals surface area contributed by atoms with E-state index < -0.39 is 0 Å². The molecule has 1 aliphatic heterocycles. The van der Waals surface area contributed by atoms with Crippen LogP contribution in [0.5, 0.6) is 0 Å². The van der Waals surface area contributed by atoms with Gasteiger partial charge in [0.05, 0.1) is 6.54 Å². The fourth-order valence-corrected chi connectivity index (χ4v) is 1.14. The Hall–Kier alpha value is -0.0200. The third-order valence-corrected chi connectivity index (χ3v) is 1.86. The molecule has 0 aliphatic carbocycles. The molecule has 0 aromatic carbocycles. The zero-order valence-electron chi connectivity index (χ0n) is 4.93. The molecule has 0 N–H and O–H groups in total. The number of hydrogen-bond acceptors (Lipinski definition) is 2. The lowest BCUT2D eigenvalue weighted by molar-refractivity contribution is 0.563. The Morgan fingerprint density at radius 2 is 2.56 bits per heavy atom. The van der Waals surface area contributed by atoms with Gasteiger partial charge in [-0.25, -0.2) is 4.99 Å². The Bertz CT molecular complexity index is 176. The summed E-state index contributed by atoms with van der Waals surface area (Å²) in [5, 5.41) is 0.540. The summed E-state index contributed by atoms with van der Waals surface area (Å²) in [7, 11) is 1.89. The maximum atomic E-state index is 5.64. The first-order valence-electron chi connectivity index (χ1n) is 2.49. The molecular weight excluding hydrogens is 203 g/mol. The molecule has 0 bridgehead atoms. The van der Waals surface area contributed by atoms with E-state index in [1.807, 2.05) is 11.9 Å². The third kappa shape index (κ3) is 1.69. The average molecular weight is 209 g/mol. The zero-order valence-corrected chi connectivity index (χ0v) is 7.28. The topological polar surface area (TPSA) is 15.6 Å². The molecule has 9 heavy (non-hydrogen) atoms. The summed E-state index contributed by atoms with van der Waals surface area (Å²) in [6, 6.07) is 0. The highest BCUT2D eigenvalue weighted by molar-refractivity contribution is 9.11. The van der Waals surface area contributed by atoms with E-state index >= 15 is 0 Å². The van der Waals surface area contributed by atoms with Crippen LogP contribution in [-0.4, -0.2) is 23.8 Å². The minimum Gasteiger partial charge on any atom is -0.345 e. The normalized spacial score (nSPS) is 19.2. The standard InChI is InChI=1S/C5H6BrClN2/c1-9-3-4(6)2-8-5(9)7/h2H,3H2,1H3. The Kier molecular flexibility index (Phi) is 2.13. The Morgan fingerprint density at radius 3 is 3.00 bits per heavy atom. The Balaban J connectivity index is 2.74. The van der Waals surface area contributed by atoms with Crippen molar-refractivity contribution >= 4 is 32.8 Å². The van der Waals surface area contributed by atoms with Crippen molar-refractivity contribution in [1.82, 2.24) is 4.90 Å². The Morgan fingerprint density at radius 1 is 1.89 bits per heavy atom. The minimum atomic E-state index is 0.540. The number of halogens is 2. The second kappa shape index (κ2) is 2.71. The van der Waals surface area contributed by atoms with Gasteiger partial charge in [-0.3, -0.25) is 0 Å². The predicted octanol–water partition coefficient (Wildman–Crippen LogP) is 1.76. The third-order valence-electron chi connectivity index (χ3n) is 1.01. The smallest absolute Gasteiger partial charge is 0.198 e. The van der Waals surface area contributed by atoms with Crippen molar-refractivity contribution in [1.29, 1.82) is 0 Å². The van der Waals surface area contributed by atoms with Crippen LogP contribution in [0.3, 0.4) is 0 Å². The zero-order chi connectivity index (χ0) is 6.85. The largest absolute Gasteiger partial charge is 0.345 e. The van der Waals surface area contributed by atoms with Crippen molar-refractivity contribution in [2.75, 3.05) is 13.6 Å². The second-order valence-electron chi connectivity index (χ2n) is 1.83. The number of aliphatic imine (C=N–C) groups is 1. The van der Waals surface area contributed by atoms with E-state index in [0.29, 0.717) is 5.29 Å². The van der Waals surface area contributed by atoms with E-state index in [1.165, 1.54) is 0 Å². The van der Waals surface area contributed by atoms with E-state index in [2.05, 4.69) is 20.9 Å². The highest BCUT2D eigenvalue weighted by atomic mass is 79.9. The summed E-state index contributed by atoms with van der Waals surface area (Å²) in [6.45, 7) is 0.808. The molecule has 1 aliphatic rings. The number of amidine groups is 1. The van der Waals surface area contributed by atoms with Gasteiger partial charge in [-0.05, 0) is 11.6 Å². The van der Waals surface area contributed by atoms with Crippen LogP contribution < -0.4 is 0 Å². The summed E-state index contributed by atoms with van der Waals surface area (Å²) >= 11 is 8.95. The molecule has 0 aromatic rings. The number of likely N-dealkylation sites (N-methyl/N-ethyl adjacent to an activating group) is 1. The molecule has 4 heteroatoms. The Labute approximate surface area is 67.3 Å². The van der Waals surface area contributed by atoms with Crippen LogP contribution in [-0.2, 0) is 0 Å². The lowest BCUT2D eigenvalue weighted by Crippen LogP contribution is -2.25. The van der Waals surface area contributed by atoms with Gasteiger partial charge in [0.1, 0.15) is 0 Å². The molecule has 50 valence electrons. The van der Waals surface area contributed by atoms with Crippen LogP contribution in [0.25, 0.3) is 0 Å². The highest BCUT2D eigenvalue weighted by Crippen LogP contribution is 2.12. The summed E-state index contributed by atoms with van der Waals surface area (Å²) < 4.78 is 1.05. The quantitative estimate of drug-likeness (QED) is 0.555. The maximum absolute atomic E-state index is 5.64. The van der Waals surface area contributed by atoms with E-state index in [-0.39, 0.29) is 0 Å². The van der Waals surface area contributed by atoms with Gasteiger partial charge >= 0.3 is 0 Å². The molecular formula is C5H6BrClN2. The lowest BCUT2D eigenvalue weighted by atomic mass is 10.5. The van der Waals surface area contributed by atoms with Gasteiger partial charge in [0, 0.05) is 17.7 Å². The van der Waals surface area contributed by atoms with Crippen LogP contribution in [0, 0.1) is 0 Å². The number of hydrogen-bond donors (Lipinski definition) is 0. The monoisotopic (exact) mass is 208 g/mol. The first-order valence-corrected chi connectivity index (χ1v) is 3.66. The lowest BCUT2D eigenvalue weighted by Gasteiger charge is -2.18. The predicted molar refractivity (Wildman–Crippen MR) is 42.9 cm³/mol. The molecule has 1 rings (SSSR count). The van der Waals surface area contributed by atoms with Crippen LogP contribution in [0.4, 0.5) is 0 Å². The van der Waals surface area contributed by atoms with Crippen molar-refractivity contribution in [2.24, 2.45) is 4.99 Å². The molecule has 0 saturated carbocycles. The van der Waals surface area contributed by atoms with E-state index in [4.69, 9.17) is 11.6 Å². The van der Waals surface area contributed by atoms with Crippen LogP contribution in [0.15, 0.2) is 15.7 Å². The summed E-state index contributed by atoms with van der Waals surface area (Å²) in [5.74, 6) is 0. The van der Waals surface area contributed by atoms with Gasteiger partial charge in [0.2, 0.25) is 0 Å². The van der Waals surface area contributed by atoms with Gasteiger partial charge in [-0.2, -0.15) is 0 Å². The van der Waals surface area contributed by atoms with Gasteiger partial charge in [0.25, 0.3) is 0 Å². The molecule has 2 nitrogen and oxygen atoms in total. The maximum Gasteiger partial charge on any atom is 0.198 e. The summed E-state index contributed by atoms with van der Waals surface area (Å²) in [5.41, 5.74) is 0. The average Bonchev–Trinajstić information content (AvgIpc) is 1.80. The highest BCUT2D eigenvalue weighted by Gasteiger charge is 2.07. The minimum absolute atomic E-state index is 0.540. The van der Waals surface area contributed by atoms with Crippen molar-refractivity contribution < 1.29 is 0 Å². The first-order chi connectivity index (χ1) is 4.20. The van der Waals surface area contributed by atoms with Crippen LogP contribution in [0.1, 0.15) is 0 Å². The molecule has 0 aromatic heterocycles. The van der Waals surface area contributed by atoms with E-state index in [9.17, 15) is 0 Å². The van der Waals surface area contributed by atoms with Crippen molar-refractivity contribution in [3.63, 3.8) is 0 Å². The molecule has 0 unspecified atom stereocenters. The first kappa shape index (κ1) is 7.09. The number of rotatable bonds is 0. The second-order valence-corrected chi connectivity index (χ2v) is 3.19. The van der Waals surface area contributed by atoms with E-state index in [0.717, 1.165) is 11.0 Å². The van der Waals surface area contributed by atoms with Crippen LogP contribution >= 0.6 is 27.5 Å². The fourth-order valence-electron chi connectivity index (χ4n) is 0.554. The van der Waals surface area contributed by atoms with Crippen molar-refractivity contribution in [3.8, 4) is 0 Å². The molecule has 0 radical (unpaired) electrons. The van der Waals surface area contributed by atoms with Crippen LogP contribution in [0.2, 0.25) is 0 Å². The summed E-state index contributed by atoms with van der Waals surface area (Å²) in [6.07, 6.45) is 1.71. The molecule has 1 heterocycles. The SMILES string of the molecule is CN1CC(Br)=CN=C1Cl. The number of nitrogens with zero attached hydrogens (tertiary/aromatic N) is 2. The van der Waals surface area contributed by atoms with Crippen molar-refractivity contribution in [2.45, 2.75) is 0 Å². The molecule has 0 fully saturated rings. The van der Waals surface area contributed by atoms with Gasteiger partial charge < -0.3 is 4.90 Å². The van der Waals surface area contributed by atoms with E-state index in [1.54, 1.807) is 6.20 Å². The molecule has 0 spiro atoms.